The lowest BCUT2D eigenvalue weighted by atomic mass is 10.1. The summed E-state index contributed by atoms with van der Waals surface area (Å²) in [6.45, 7) is 0.478. The molecule has 1 amide bonds. The van der Waals surface area contributed by atoms with E-state index in [0.29, 0.717) is 51.8 Å². The molecule has 0 bridgehead atoms. The summed E-state index contributed by atoms with van der Waals surface area (Å²) in [4.78, 5) is 35.3. The van der Waals surface area contributed by atoms with Crippen LogP contribution in [0.25, 0.3) is 10.9 Å². The van der Waals surface area contributed by atoms with E-state index in [2.05, 4.69) is 9.97 Å². The smallest absolute Gasteiger partial charge is 0.261 e. The predicted molar refractivity (Wildman–Crippen MR) is 132 cm³/mol. The highest BCUT2D eigenvalue weighted by atomic mass is 35.5. The molecular formula is C26H24ClN3O4. The number of halogens is 1. The Morgan fingerprint density at radius 1 is 0.971 bits per heavy atom. The van der Waals surface area contributed by atoms with Crippen molar-refractivity contribution in [1.29, 1.82) is 0 Å². The number of carbonyl (C=O) groups excluding carboxylic acids is 1. The fourth-order valence-corrected chi connectivity index (χ4v) is 3.90. The van der Waals surface area contributed by atoms with Crippen LogP contribution in [0.1, 0.15) is 21.7 Å². The molecule has 0 fully saturated rings. The van der Waals surface area contributed by atoms with E-state index in [-0.39, 0.29) is 18.0 Å². The molecule has 0 radical (unpaired) electrons. The summed E-state index contributed by atoms with van der Waals surface area (Å²) in [5.41, 5.74) is 1.66. The first kappa shape index (κ1) is 23.3. The van der Waals surface area contributed by atoms with Crippen molar-refractivity contribution in [3.63, 3.8) is 0 Å². The molecule has 1 aromatic heterocycles. The molecule has 0 aliphatic heterocycles. The second-order valence-corrected chi connectivity index (χ2v) is 8.11. The lowest BCUT2D eigenvalue weighted by Crippen LogP contribution is -2.34. The van der Waals surface area contributed by atoms with Gasteiger partial charge in [0.25, 0.3) is 11.5 Å². The van der Waals surface area contributed by atoms with Gasteiger partial charge in [-0.3, -0.25) is 9.59 Å². The zero-order chi connectivity index (χ0) is 24.1. The van der Waals surface area contributed by atoms with E-state index in [1.54, 1.807) is 41.3 Å². The summed E-state index contributed by atoms with van der Waals surface area (Å²) in [5.74, 6) is 0.905. The molecule has 0 aliphatic carbocycles. The van der Waals surface area contributed by atoms with Crippen LogP contribution in [0.4, 0.5) is 0 Å². The van der Waals surface area contributed by atoms with Crippen LogP contribution in [-0.2, 0) is 13.0 Å². The Bertz CT molecular complexity index is 1350. The van der Waals surface area contributed by atoms with E-state index >= 15 is 0 Å². The van der Waals surface area contributed by atoms with Crippen LogP contribution < -0.4 is 15.0 Å². The lowest BCUT2D eigenvalue weighted by Gasteiger charge is -2.24. The molecule has 174 valence electrons. The van der Waals surface area contributed by atoms with Gasteiger partial charge in [-0.05, 0) is 48.4 Å². The average Bonchev–Trinajstić information content (AvgIpc) is 2.86. The van der Waals surface area contributed by atoms with E-state index < -0.39 is 0 Å². The fraction of sp³-hybridized carbons (Fsp3) is 0.192. The summed E-state index contributed by atoms with van der Waals surface area (Å²) in [6, 6.07) is 19.8. The summed E-state index contributed by atoms with van der Waals surface area (Å²) in [7, 11) is 3.01. The minimum absolute atomic E-state index is 0.105. The zero-order valence-corrected chi connectivity index (χ0v) is 19.6. The van der Waals surface area contributed by atoms with Crippen LogP contribution in [0.15, 0.2) is 71.5 Å². The summed E-state index contributed by atoms with van der Waals surface area (Å²) in [6.07, 6.45) is 0.582. The van der Waals surface area contributed by atoms with Gasteiger partial charge in [-0.1, -0.05) is 41.9 Å². The molecular weight excluding hydrogens is 454 g/mol. The molecule has 8 heteroatoms. The number of carbonyl (C=O) groups is 1. The molecule has 3 aromatic carbocycles. The van der Waals surface area contributed by atoms with Crippen LogP contribution in [-0.4, -0.2) is 41.5 Å². The van der Waals surface area contributed by atoms with Crippen molar-refractivity contribution in [2.45, 2.75) is 13.0 Å². The normalized spacial score (nSPS) is 10.8. The Labute approximate surface area is 201 Å². The van der Waals surface area contributed by atoms with Gasteiger partial charge < -0.3 is 19.4 Å². The van der Waals surface area contributed by atoms with Crippen LogP contribution in [0.3, 0.4) is 0 Å². The van der Waals surface area contributed by atoms with Crippen molar-refractivity contribution < 1.29 is 14.3 Å². The Hall–Kier alpha value is -3.84. The minimum Gasteiger partial charge on any atom is -0.496 e. The number of rotatable bonds is 8. The summed E-state index contributed by atoms with van der Waals surface area (Å²) in [5, 5.41) is 1.14. The highest BCUT2D eigenvalue weighted by Crippen LogP contribution is 2.30. The van der Waals surface area contributed by atoms with Crippen molar-refractivity contribution in [3.8, 4) is 11.5 Å². The van der Waals surface area contributed by atoms with Crippen LogP contribution in [0.2, 0.25) is 5.02 Å². The molecule has 1 heterocycles. The Kier molecular flexibility index (Phi) is 7.13. The molecule has 0 unspecified atom stereocenters. The van der Waals surface area contributed by atoms with Crippen LogP contribution >= 0.6 is 11.6 Å². The zero-order valence-electron chi connectivity index (χ0n) is 18.9. The van der Waals surface area contributed by atoms with E-state index in [4.69, 9.17) is 21.1 Å². The van der Waals surface area contributed by atoms with Gasteiger partial charge in [0.05, 0.1) is 31.7 Å². The van der Waals surface area contributed by atoms with Crippen LogP contribution in [0.5, 0.6) is 11.5 Å². The van der Waals surface area contributed by atoms with E-state index in [9.17, 15) is 9.59 Å². The first-order chi connectivity index (χ1) is 16.5. The number of methoxy groups -OCH3 is 2. The summed E-state index contributed by atoms with van der Waals surface area (Å²) < 4.78 is 10.9. The molecule has 0 aliphatic rings. The second-order valence-electron chi connectivity index (χ2n) is 7.67. The quantitative estimate of drug-likeness (QED) is 0.404. The van der Waals surface area contributed by atoms with Gasteiger partial charge in [0.2, 0.25) is 0 Å². The Morgan fingerprint density at radius 2 is 1.65 bits per heavy atom. The van der Waals surface area contributed by atoms with Crippen molar-refractivity contribution in [2.24, 2.45) is 0 Å². The average molecular weight is 478 g/mol. The Balaban J connectivity index is 1.70. The molecule has 1 N–H and O–H groups in total. The molecule has 0 spiro atoms. The number of para-hydroxylation sites is 1. The standard InChI is InChI=1S/C26H24ClN3O4/c1-33-21-8-5-9-22(34-2)24(21)26(32)30(15-14-17-10-12-18(27)13-11-17)16-23-28-20-7-4-3-6-19(20)25(31)29-23/h3-13H,14-16H2,1-2H3,(H,28,29,31). The predicted octanol–water partition coefficient (Wildman–Crippen LogP) is 4.48. The first-order valence-electron chi connectivity index (χ1n) is 10.7. The fourth-order valence-electron chi connectivity index (χ4n) is 3.78. The maximum absolute atomic E-state index is 13.8. The summed E-state index contributed by atoms with van der Waals surface area (Å²) >= 11 is 6.01. The third kappa shape index (κ3) is 5.05. The number of H-pyrrole nitrogens is 1. The highest BCUT2D eigenvalue weighted by Gasteiger charge is 2.25. The number of nitrogens with one attached hydrogen (secondary N) is 1. The van der Waals surface area contributed by atoms with E-state index in [1.165, 1.54) is 14.2 Å². The van der Waals surface area contributed by atoms with E-state index in [1.807, 2.05) is 30.3 Å². The number of hydrogen-bond acceptors (Lipinski definition) is 5. The maximum atomic E-state index is 13.8. The number of aromatic amines is 1. The number of ether oxygens (including phenoxy) is 2. The Morgan fingerprint density at radius 3 is 2.32 bits per heavy atom. The first-order valence-corrected chi connectivity index (χ1v) is 11.1. The van der Waals surface area contributed by atoms with Gasteiger partial charge in [-0.2, -0.15) is 0 Å². The van der Waals surface area contributed by atoms with Crippen LogP contribution in [0, 0.1) is 0 Å². The monoisotopic (exact) mass is 477 g/mol. The third-order valence-corrected chi connectivity index (χ3v) is 5.77. The number of nitrogens with zero attached hydrogens (tertiary/aromatic N) is 2. The molecule has 0 atom stereocenters. The third-order valence-electron chi connectivity index (χ3n) is 5.52. The van der Waals surface area contributed by atoms with Gasteiger partial charge in [0, 0.05) is 11.6 Å². The van der Waals surface area contributed by atoms with Gasteiger partial charge in [-0.15, -0.1) is 0 Å². The number of benzene rings is 3. The lowest BCUT2D eigenvalue weighted by molar-refractivity contribution is 0.0733. The molecule has 0 saturated carbocycles. The van der Waals surface area contributed by atoms with Crippen molar-refractivity contribution >= 4 is 28.4 Å². The van der Waals surface area contributed by atoms with Gasteiger partial charge in [0.1, 0.15) is 22.9 Å². The van der Waals surface area contributed by atoms with Crippen molar-refractivity contribution in [1.82, 2.24) is 14.9 Å². The van der Waals surface area contributed by atoms with Crippen molar-refractivity contribution in [2.75, 3.05) is 20.8 Å². The topological polar surface area (TPSA) is 84.5 Å². The number of aromatic nitrogens is 2. The highest BCUT2D eigenvalue weighted by molar-refractivity contribution is 6.30. The van der Waals surface area contributed by atoms with Gasteiger partial charge in [0.15, 0.2) is 0 Å². The molecule has 34 heavy (non-hydrogen) atoms. The minimum atomic E-state index is -0.293. The van der Waals surface area contributed by atoms with Gasteiger partial charge in [-0.25, -0.2) is 4.98 Å². The SMILES string of the molecule is COc1cccc(OC)c1C(=O)N(CCc1ccc(Cl)cc1)Cc1nc2ccccc2c(=O)[nH]1. The second kappa shape index (κ2) is 10.4. The number of amides is 1. The number of fused-ring (bicyclic) bond motifs is 1. The molecule has 4 rings (SSSR count). The maximum Gasteiger partial charge on any atom is 0.261 e. The van der Waals surface area contributed by atoms with E-state index in [0.717, 1.165) is 5.56 Å². The molecule has 4 aromatic rings. The number of hydrogen-bond donors (Lipinski definition) is 1. The van der Waals surface area contributed by atoms with Gasteiger partial charge >= 0.3 is 0 Å². The molecule has 0 saturated heterocycles. The molecule has 7 nitrogen and oxygen atoms in total. The largest absolute Gasteiger partial charge is 0.496 e. The van der Waals surface area contributed by atoms with Crippen molar-refractivity contribution in [3.05, 3.63) is 99.1 Å².